The van der Waals surface area contributed by atoms with Crippen LogP contribution in [0, 0.1) is 5.92 Å². The third-order valence-corrected chi connectivity index (χ3v) is 3.38. The number of furan rings is 1. The number of hydrogen-bond acceptors (Lipinski definition) is 5. The first-order chi connectivity index (χ1) is 9.63. The number of allylic oxidation sites excluding steroid dienone is 1. The van der Waals surface area contributed by atoms with Gasteiger partial charge in [0.25, 0.3) is 0 Å². The van der Waals surface area contributed by atoms with Crippen LogP contribution in [-0.2, 0) is 14.3 Å². The first kappa shape index (κ1) is 14.5. The Labute approximate surface area is 117 Å². The second-order valence-electron chi connectivity index (χ2n) is 4.74. The van der Waals surface area contributed by atoms with E-state index in [0.29, 0.717) is 24.2 Å². The number of carbonyl (C=O) groups excluding carboxylic acids is 2. The topological polar surface area (TPSA) is 76.7 Å². The van der Waals surface area contributed by atoms with Gasteiger partial charge in [0.05, 0.1) is 18.8 Å². The van der Waals surface area contributed by atoms with Crippen molar-refractivity contribution in [2.45, 2.75) is 32.3 Å². The molecular weight excluding hydrogens is 260 g/mol. The van der Waals surface area contributed by atoms with Gasteiger partial charge in [0.15, 0.2) is 11.9 Å². The lowest BCUT2D eigenvalue weighted by atomic mass is 9.80. The molecule has 5 nitrogen and oxygen atoms in total. The molecule has 1 saturated carbocycles. The van der Waals surface area contributed by atoms with E-state index in [1.165, 1.54) is 6.26 Å². The summed E-state index contributed by atoms with van der Waals surface area (Å²) in [6.07, 6.45) is 3.69. The molecule has 5 heteroatoms. The zero-order valence-corrected chi connectivity index (χ0v) is 11.4. The molecule has 0 saturated heterocycles. The molecule has 1 aliphatic rings. The van der Waals surface area contributed by atoms with Crippen LogP contribution in [0.4, 0.5) is 0 Å². The zero-order valence-electron chi connectivity index (χ0n) is 11.4. The van der Waals surface area contributed by atoms with Crippen LogP contribution >= 0.6 is 0 Å². The third-order valence-electron chi connectivity index (χ3n) is 3.38. The second kappa shape index (κ2) is 6.52. The number of aliphatic hydroxyl groups is 1. The van der Waals surface area contributed by atoms with Crippen LogP contribution in [0.25, 0.3) is 6.08 Å². The highest BCUT2D eigenvalue weighted by Crippen LogP contribution is 2.29. The summed E-state index contributed by atoms with van der Waals surface area (Å²) in [5.41, 5.74) is 0.583. The maximum Gasteiger partial charge on any atom is 0.335 e. The summed E-state index contributed by atoms with van der Waals surface area (Å²) in [4.78, 5) is 23.9. The molecule has 0 aliphatic heterocycles. The van der Waals surface area contributed by atoms with Gasteiger partial charge < -0.3 is 14.3 Å². The number of ether oxygens (including phenoxy) is 1. The van der Waals surface area contributed by atoms with Crippen LogP contribution in [0.2, 0.25) is 0 Å². The number of hydrogen-bond donors (Lipinski definition) is 1. The molecule has 0 bridgehead atoms. The van der Waals surface area contributed by atoms with Crippen LogP contribution in [0.1, 0.15) is 31.9 Å². The van der Waals surface area contributed by atoms with Crippen molar-refractivity contribution in [3.63, 3.8) is 0 Å². The molecule has 0 aromatic carbocycles. The minimum Gasteiger partial charge on any atom is -0.465 e. The van der Waals surface area contributed by atoms with Crippen LogP contribution in [0.3, 0.4) is 0 Å². The van der Waals surface area contributed by atoms with E-state index in [9.17, 15) is 14.7 Å². The zero-order chi connectivity index (χ0) is 14.5. The maximum absolute atomic E-state index is 12.3. The van der Waals surface area contributed by atoms with E-state index in [-0.39, 0.29) is 12.4 Å². The fourth-order valence-corrected chi connectivity index (χ4v) is 2.39. The van der Waals surface area contributed by atoms with Gasteiger partial charge in [0, 0.05) is 0 Å². The average Bonchev–Trinajstić information content (AvgIpc) is 2.93. The predicted octanol–water partition coefficient (Wildman–Crippen LogP) is 1.96. The molecule has 0 spiro atoms. The quantitative estimate of drug-likeness (QED) is 0.673. The molecule has 1 aliphatic carbocycles. The number of Topliss-reactive ketones (excluding diaryl/α,β-unsaturated/α-hetero) is 1. The van der Waals surface area contributed by atoms with Gasteiger partial charge in [0.1, 0.15) is 5.76 Å². The predicted molar refractivity (Wildman–Crippen MR) is 71.7 cm³/mol. The molecule has 1 aromatic rings. The number of carbonyl (C=O) groups is 2. The van der Waals surface area contributed by atoms with Crippen molar-refractivity contribution in [1.29, 1.82) is 0 Å². The Balaban J connectivity index is 2.12. The van der Waals surface area contributed by atoms with Crippen LogP contribution in [0.5, 0.6) is 0 Å². The summed E-state index contributed by atoms with van der Waals surface area (Å²) in [6, 6.07) is 3.50. The molecular formula is C15H18O5. The Kier molecular flexibility index (Phi) is 4.74. The van der Waals surface area contributed by atoms with E-state index in [1.54, 1.807) is 25.1 Å². The first-order valence-corrected chi connectivity index (χ1v) is 6.76. The number of rotatable bonds is 4. The van der Waals surface area contributed by atoms with E-state index in [0.717, 1.165) is 6.42 Å². The van der Waals surface area contributed by atoms with Crippen LogP contribution < -0.4 is 0 Å². The van der Waals surface area contributed by atoms with E-state index >= 15 is 0 Å². The molecule has 1 aromatic heterocycles. The molecule has 2 atom stereocenters. The third kappa shape index (κ3) is 3.17. The Bertz CT molecular complexity index is 500. The van der Waals surface area contributed by atoms with Crippen molar-refractivity contribution in [2.75, 3.05) is 6.61 Å². The molecule has 1 N–H and O–H groups in total. The van der Waals surface area contributed by atoms with Crippen molar-refractivity contribution >= 4 is 17.8 Å². The lowest BCUT2D eigenvalue weighted by Gasteiger charge is -2.25. The van der Waals surface area contributed by atoms with Gasteiger partial charge >= 0.3 is 5.97 Å². The molecule has 1 fully saturated rings. The van der Waals surface area contributed by atoms with Gasteiger partial charge in [-0.3, -0.25) is 4.79 Å². The standard InChI is InChI=1S/C15H18O5/c1-2-19-15(18)14(17)12-7-3-5-10(13(12)16)9-11-6-4-8-20-11/h4,6,8-9,12,14,17H,2-3,5,7H2,1H3/b10-9+/t12?,14-/m0/s1. The minimum absolute atomic E-state index is 0.186. The lowest BCUT2D eigenvalue weighted by molar-refractivity contribution is -0.158. The first-order valence-electron chi connectivity index (χ1n) is 6.76. The molecule has 2 rings (SSSR count). The Morgan fingerprint density at radius 1 is 1.65 bits per heavy atom. The summed E-state index contributed by atoms with van der Waals surface area (Å²) in [5, 5.41) is 9.94. The van der Waals surface area contributed by atoms with Crippen LogP contribution in [-0.4, -0.2) is 29.6 Å². The lowest BCUT2D eigenvalue weighted by Crippen LogP contribution is -2.38. The monoisotopic (exact) mass is 278 g/mol. The van der Waals surface area contributed by atoms with Gasteiger partial charge in [-0.15, -0.1) is 0 Å². The normalized spacial score (nSPS) is 22.8. The fourth-order valence-electron chi connectivity index (χ4n) is 2.39. The minimum atomic E-state index is -1.39. The van der Waals surface area contributed by atoms with Crippen molar-refractivity contribution in [2.24, 2.45) is 5.92 Å². The Hall–Kier alpha value is -1.88. The maximum atomic E-state index is 12.3. The summed E-state index contributed by atoms with van der Waals surface area (Å²) in [7, 11) is 0. The molecule has 1 unspecified atom stereocenters. The molecule has 0 amide bonds. The fraction of sp³-hybridized carbons (Fsp3) is 0.467. The summed E-state index contributed by atoms with van der Waals surface area (Å²) >= 11 is 0. The Morgan fingerprint density at radius 3 is 3.10 bits per heavy atom. The highest BCUT2D eigenvalue weighted by molar-refractivity contribution is 6.03. The highest BCUT2D eigenvalue weighted by atomic mass is 16.5. The van der Waals surface area contributed by atoms with Gasteiger partial charge in [-0.1, -0.05) is 0 Å². The number of aliphatic hydroxyl groups excluding tert-OH is 1. The van der Waals surface area contributed by atoms with E-state index in [4.69, 9.17) is 9.15 Å². The van der Waals surface area contributed by atoms with E-state index in [1.807, 2.05) is 0 Å². The van der Waals surface area contributed by atoms with Gasteiger partial charge in [-0.2, -0.15) is 0 Å². The number of ketones is 1. The number of esters is 1. The van der Waals surface area contributed by atoms with Gasteiger partial charge in [-0.25, -0.2) is 4.79 Å². The van der Waals surface area contributed by atoms with Crippen molar-refractivity contribution in [3.05, 3.63) is 29.7 Å². The Morgan fingerprint density at radius 2 is 2.45 bits per heavy atom. The van der Waals surface area contributed by atoms with E-state index in [2.05, 4.69) is 0 Å². The largest absolute Gasteiger partial charge is 0.465 e. The average molecular weight is 278 g/mol. The van der Waals surface area contributed by atoms with Crippen LogP contribution in [0.15, 0.2) is 28.4 Å². The molecule has 0 radical (unpaired) electrons. The molecule has 1 heterocycles. The molecule has 20 heavy (non-hydrogen) atoms. The second-order valence-corrected chi connectivity index (χ2v) is 4.74. The SMILES string of the molecule is CCOC(=O)[C@@H](O)C1CCC/C(=C\c2ccco2)C1=O. The van der Waals surface area contributed by atoms with Gasteiger partial charge in [0.2, 0.25) is 0 Å². The van der Waals surface area contributed by atoms with Crippen molar-refractivity contribution in [3.8, 4) is 0 Å². The van der Waals surface area contributed by atoms with Gasteiger partial charge in [-0.05, 0) is 50.0 Å². The summed E-state index contributed by atoms with van der Waals surface area (Å²) in [5.74, 6) is -1.05. The summed E-state index contributed by atoms with van der Waals surface area (Å²) < 4.78 is 9.95. The summed E-state index contributed by atoms with van der Waals surface area (Å²) in [6.45, 7) is 1.85. The van der Waals surface area contributed by atoms with E-state index < -0.39 is 18.0 Å². The van der Waals surface area contributed by atoms with Crippen molar-refractivity contribution < 1.29 is 23.8 Å². The van der Waals surface area contributed by atoms with Crippen molar-refractivity contribution in [1.82, 2.24) is 0 Å². The molecule has 108 valence electrons. The highest BCUT2D eigenvalue weighted by Gasteiger charge is 2.36. The smallest absolute Gasteiger partial charge is 0.335 e.